The Kier molecular flexibility index (Phi) is 4.45. The maximum atomic E-state index is 4.69. The number of rotatable bonds is 3. The average Bonchev–Trinajstić information content (AvgIpc) is 2.66. The Morgan fingerprint density at radius 1 is 0.786 bits per heavy atom. The van der Waals surface area contributed by atoms with Crippen LogP contribution in [0.3, 0.4) is 0 Å². The van der Waals surface area contributed by atoms with E-state index in [4.69, 9.17) is 0 Å². The number of fused-ring (bicyclic) bond motifs is 3. The van der Waals surface area contributed by atoms with Gasteiger partial charge in [-0.05, 0) is 69.2 Å². The van der Waals surface area contributed by atoms with Gasteiger partial charge >= 0.3 is 0 Å². The third-order valence-corrected chi connectivity index (χ3v) is 6.91. The van der Waals surface area contributed by atoms with Crippen LogP contribution in [0.4, 0.5) is 0 Å². The van der Waals surface area contributed by atoms with Crippen LogP contribution < -0.4 is 0 Å². The van der Waals surface area contributed by atoms with Crippen molar-refractivity contribution in [2.45, 2.75) is 58.8 Å². The van der Waals surface area contributed by atoms with E-state index in [1.807, 2.05) is 6.20 Å². The van der Waals surface area contributed by atoms with Gasteiger partial charge in [-0.3, -0.25) is 4.98 Å². The molecule has 2 aromatic carbocycles. The van der Waals surface area contributed by atoms with Crippen molar-refractivity contribution in [3.63, 3.8) is 0 Å². The van der Waals surface area contributed by atoms with Gasteiger partial charge < -0.3 is 0 Å². The molecule has 1 aliphatic rings. The smallest absolute Gasteiger partial charge is 0.0704 e. The fraction of sp³-hybridized carbons (Fsp3) is 0.370. The Bertz CT molecular complexity index is 1020. The van der Waals surface area contributed by atoms with Gasteiger partial charge in [0.1, 0.15) is 0 Å². The fourth-order valence-electron chi connectivity index (χ4n) is 4.64. The average molecular weight is 370 g/mol. The molecule has 0 aliphatic heterocycles. The van der Waals surface area contributed by atoms with Crippen molar-refractivity contribution in [1.82, 2.24) is 4.98 Å². The van der Waals surface area contributed by atoms with Crippen molar-refractivity contribution in [2.75, 3.05) is 0 Å². The number of benzene rings is 2. The molecule has 0 atom stereocenters. The minimum Gasteiger partial charge on any atom is -0.256 e. The molecule has 1 aromatic heterocycles. The Morgan fingerprint density at radius 2 is 1.46 bits per heavy atom. The zero-order valence-corrected chi connectivity index (χ0v) is 18.0. The molecule has 0 amide bonds. The van der Waals surface area contributed by atoms with Crippen molar-refractivity contribution in [3.05, 3.63) is 77.5 Å². The highest BCUT2D eigenvalue weighted by molar-refractivity contribution is 5.81. The largest absolute Gasteiger partial charge is 0.256 e. The first kappa shape index (κ1) is 18.9. The molecule has 0 spiro atoms. The van der Waals surface area contributed by atoms with Gasteiger partial charge in [0.25, 0.3) is 0 Å². The number of hydrogen-bond acceptors (Lipinski definition) is 1. The predicted molar refractivity (Wildman–Crippen MR) is 120 cm³/mol. The molecule has 1 heterocycles. The van der Waals surface area contributed by atoms with Crippen LogP contribution in [-0.4, -0.2) is 4.98 Å². The molecule has 28 heavy (non-hydrogen) atoms. The van der Waals surface area contributed by atoms with Gasteiger partial charge in [-0.25, -0.2) is 0 Å². The van der Waals surface area contributed by atoms with Crippen molar-refractivity contribution >= 4 is 0 Å². The van der Waals surface area contributed by atoms with E-state index in [2.05, 4.69) is 101 Å². The first-order valence-electron chi connectivity index (χ1n) is 10.4. The number of hydrogen-bond donors (Lipinski definition) is 0. The summed E-state index contributed by atoms with van der Waals surface area (Å²) in [5.74, 6) is 0.647. The molecule has 1 nitrogen and oxygen atoms in total. The van der Waals surface area contributed by atoms with Crippen LogP contribution in [0.25, 0.3) is 22.4 Å². The molecule has 0 saturated heterocycles. The molecule has 4 rings (SSSR count). The molecule has 0 bridgehead atoms. The van der Waals surface area contributed by atoms with E-state index in [-0.39, 0.29) is 10.8 Å². The molecule has 0 radical (unpaired) electrons. The molecule has 0 fully saturated rings. The zero-order chi connectivity index (χ0) is 20.1. The molecule has 0 unspecified atom stereocenters. The lowest BCUT2D eigenvalue weighted by molar-refractivity contribution is 0.299. The second-order valence-electron chi connectivity index (χ2n) is 9.70. The molecule has 0 saturated carbocycles. The van der Waals surface area contributed by atoms with Gasteiger partial charge in [0, 0.05) is 11.8 Å². The molecule has 144 valence electrons. The van der Waals surface area contributed by atoms with Gasteiger partial charge in [-0.15, -0.1) is 0 Å². The maximum Gasteiger partial charge on any atom is 0.0704 e. The lowest BCUT2D eigenvalue weighted by atomic mass is 9.55. The Labute approximate surface area is 169 Å². The third-order valence-electron chi connectivity index (χ3n) is 6.91. The summed E-state index contributed by atoms with van der Waals surface area (Å²) in [5.41, 5.74) is 9.35. The highest BCUT2D eigenvalue weighted by Gasteiger charge is 2.45. The highest BCUT2D eigenvalue weighted by atomic mass is 14.7. The number of pyridine rings is 1. The van der Waals surface area contributed by atoms with Gasteiger partial charge in [-0.1, -0.05) is 77.9 Å². The molecular weight excluding hydrogens is 338 g/mol. The third kappa shape index (κ3) is 2.89. The second-order valence-corrected chi connectivity index (χ2v) is 9.70. The SMILES string of the molecule is CC(C)Cc1ccnc(-c2ccc3c(c2)-c2ccccc2C(C)(C)C3(C)C)c1. The summed E-state index contributed by atoms with van der Waals surface area (Å²) in [7, 11) is 0. The van der Waals surface area contributed by atoms with E-state index in [0.29, 0.717) is 5.92 Å². The maximum absolute atomic E-state index is 4.69. The van der Waals surface area contributed by atoms with Crippen LogP contribution >= 0.6 is 0 Å². The normalized spacial score (nSPS) is 16.5. The van der Waals surface area contributed by atoms with Crippen LogP contribution in [0, 0.1) is 5.92 Å². The van der Waals surface area contributed by atoms with Gasteiger partial charge in [0.2, 0.25) is 0 Å². The Morgan fingerprint density at radius 3 is 2.18 bits per heavy atom. The van der Waals surface area contributed by atoms with Crippen LogP contribution in [0.1, 0.15) is 58.2 Å². The Hall–Kier alpha value is -2.41. The summed E-state index contributed by atoms with van der Waals surface area (Å²) in [4.78, 5) is 4.69. The lowest BCUT2D eigenvalue weighted by Crippen LogP contribution is -2.43. The first-order valence-corrected chi connectivity index (χ1v) is 10.4. The highest BCUT2D eigenvalue weighted by Crippen LogP contribution is 2.54. The summed E-state index contributed by atoms with van der Waals surface area (Å²) in [6, 6.07) is 20.2. The summed E-state index contributed by atoms with van der Waals surface area (Å²) < 4.78 is 0. The Balaban J connectivity index is 1.88. The fourth-order valence-corrected chi connectivity index (χ4v) is 4.64. The van der Waals surface area contributed by atoms with Crippen LogP contribution in [0.5, 0.6) is 0 Å². The van der Waals surface area contributed by atoms with Gasteiger partial charge in [0.15, 0.2) is 0 Å². The first-order chi connectivity index (χ1) is 13.2. The molecule has 1 aliphatic carbocycles. The van der Waals surface area contributed by atoms with Gasteiger partial charge in [-0.2, -0.15) is 0 Å². The lowest BCUT2D eigenvalue weighted by Gasteiger charge is -2.48. The predicted octanol–water partition coefficient (Wildman–Crippen LogP) is 7.18. The van der Waals surface area contributed by atoms with Crippen LogP contribution in [0.15, 0.2) is 60.8 Å². The standard InChI is InChI=1S/C27H31N/c1-18(2)15-19-13-14-28-25(16-19)20-11-12-24-22(17-20)21-9-7-8-10-23(21)26(3,4)27(24,5)6/h7-14,16-18H,15H2,1-6H3. The molecular formula is C27H31N. The number of aromatic nitrogens is 1. The molecule has 0 N–H and O–H groups in total. The van der Waals surface area contributed by atoms with Crippen LogP contribution in [0.2, 0.25) is 0 Å². The van der Waals surface area contributed by atoms with E-state index >= 15 is 0 Å². The minimum atomic E-state index is 0.0577. The van der Waals surface area contributed by atoms with Crippen LogP contribution in [-0.2, 0) is 17.3 Å². The molecule has 1 heteroatoms. The quantitative estimate of drug-likeness (QED) is 0.476. The van der Waals surface area contributed by atoms with Gasteiger partial charge in [0.05, 0.1) is 5.69 Å². The van der Waals surface area contributed by atoms with E-state index in [1.165, 1.54) is 33.4 Å². The summed E-state index contributed by atoms with van der Waals surface area (Å²) in [6.07, 6.45) is 3.04. The van der Waals surface area contributed by atoms with Crippen molar-refractivity contribution in [1.29, 1.82) is 0 Å². The monoisotopic (exact) mass is 369 g/mol. The summed E-state index contributed by atoms with van der Waals surface area (Å²) >= 11 is 0. The van der Waals surface area contributed by atoms with E-state index in [9.17, 15) is 0 Å². The van der Waals surface area contributed by atoms with Crippen molar-refractivity contribution in [3.8, 4) is 22.4 Å². The summed E-state index contributed by atoms with van der Waals surface area (Å²) in [6.45, 7) is 14.0. The number of nitrogens with zero attached hydrogens (tertiary/aromatic N) is 1. The topological polar surface area (TPSA) is 12.9 Å². The summed E-state index contributed by atoms with van der Waals surface area (Å²) in [5, 5.41) is 0. The van der Waals surface area contributed by atoms with Crippen molar-refractivity contribution in [2.24, 2.45) is 5.92 Å². The zero-order valence-electron chi connectivity index (χ0n) is 18.0. The van der Waals surface area contributed by atoms with E-state index in [0.717, 1.165) is 12.1 Å². The van der Waals surface area contributed by atoms with E-state index in [1.54, 1.807) is 0 Å². The second kappa shape index (κ2) is 6.58. The minimum absolute atomic E-state index is 0.0577. The van der Waals surface area contributed by atoms with Crippen molar-refractivity contribution < 1.29 is 0 Å². The molecule has 3 aromatic rings. The van der Waals surface area contributed by atoms with E-state index < -0.39 is 0 Å².